The van der Waals surface area contributed by atoms with Crippen LogP contribution in [-0.2, 0) is 16.9 Å². The number of halogens is 7. The fourth-order valence-electron chi connectivity index (χ4n) is 3.66. The molecule has 0 fully saturated rings. The molecule has 0 amide bonds. The van der Waals surface area contributed by atoms with Gasteiger partial charge in [0, 0.05) is 11.4 Å². The van der Waals surface area contributed by atoms with Crippen molar-refractivity contribution in [3.8, 4) is 0 Å². The molecule has 1 heterocycles. The van der Waals surface area contributed by atoms with E-state index in [9.17, 15) is 27.9 Å². The minimum atomic E-state index is -6.23. The second kappa shape index (κ2) is 10.2. The van der Waals surface area contributed by atoms with E-state index in [1.807, 2.05) is 25.5 Å². The summed E-state index contributed by atoms with van der Waals surface area (Å²) in [6.45, 7) is 9.91. The van der Waals surface area contributed by atoms with Crippen molar-refractivity contribution >= 4 is 40.6 Å². The molecular weight excluding hydrogens is 570 g/mol. The molecule has 5 nitrogen and oxygen atoms in total. The Bertz CT molecular complexity index is 873. The first-order chi connectivity index (χ1) is 15.1. The number of aromatic nitrogens is 1. The zero-order valence-electron chi connectivity index (χ0n) is 20.0. The number of alkyl halides is 5. The summed E-state index contributed by atoms with van der Waals surface area (Å²) < 4.78 is 100. The molecule has 34 heavy (non-hydrogen) atoms. The highest BCUT2D eigenvalue weighted by molar-refractivity contribution is 9.10. The molecule has 0 bridgehead atoms. The summed E-state index contributed by atoms with van der Waals surface area (Å²) in [7, 11) is -2.64. The molecule has 1 aromatic heterocycles. The molecule has 0 aliphatic carbocycles. The number of hydrogen-bond acceptors (Lipinski definition) is 5. The maximum absolute atomic E-state index is 16.0. The lowest BCUT2D eigenvalue weighted by Crippen LogP contribution is -2.72. The molecule has 1 aromatic rings. The lowest BCUT2D eigenvalue weighted by atomic mass is 9.84. The van der Waals surface area contributed by atoms with Gasteiger partial charge >= 0.3 is 17.9 Å². The van der Waals surface area contributed by atoms with E-state index >= 15 is 13.2 Å². The molecule has 1 rings (SSSR count). The maximum atomic E-state index is 16.0. The van der Waals surface area contributed by atoms with Crippen LogP contribution in [0.4, 0.5) is 26.3 Å². The molecule has 0 aromatic carbocycles. The third-order valence-electron chi connectivity index (χ3n) is 6.32. The molecule has 0 saturated carbocycles. The van der Waals surface area contributed by atoms with Crippen LogP contribution in [0.2, 0.25) is 18.1 Å². The summed E-state index contributed by atoms with van der Waals surface area (Å²) >= 11 is 0.537. The van der Waals surface area contributed by atoms with E-state index in [0.717, 1.165) is 0 Å². The van der Waals surface area contributed by atoms with Crippen molar-refractivity contribution < 1.29 is 41.1 Å². The quantitative estimate of drug-likeness (QED) is 0.124. The minimum absolute atomic E-state index is 0.0516. The van der Waals surface area contributed by atoms with Crippen LogP contribution in [0.25, 0.3) is 0 Å². The molecular formula is C20H31BrF6N2O3SSi. The molecule has 0 aliphatic rings. The lowest BCUT2D eigenvalue weighted by Gasteiger charge is -2.44. The van der Waals surface area contributed by atoms with Crippen LogP contribution in [0.1, 0.15) is 54.2 Å². The predicted octanol–water partition coefficient (Wildman–Crippen LogP) is 4.84. The SMILES string of the molecule is CC[Si](CC)(CC)c1cc(Br)nc(C(C)(N[S@+]([O-])C(C)(C)C)C(F)(F)C(O)(O)C(F)(F)F)c1F. The van der Waals surface area contributed by atoms with E-state index < -0.39 is 59.1 Å². The van der Waals surface area contributed by atoms with E-state index in [0.29, 0.717) is 25.1 Å². The van der Waals surface area contributed by atoms with Gasteiger partial charge in [0.2, 0.25) is 0 Å². The monoisotopic (exact) mass is 600 g/mol. The van der Waals surface area contributed by atoms with Gasteiger partial charge in [0.25, 0.3) is 0 Å². The Morgan fingerprint density at radius 2 is 1.47 bits per heavy atom. The van der Waals surface area contributed by atoms with Gasteiger partial charge in [-0.2, -0.15) is 22.0 Å². The number of pyridine rings is 1. The van der Waals surface area contributed by atoms with Gasteiger partial charge in [-0.15, -0.1) is 4.72 Å². The van der Waals surface area contributed by atoms with Gasteiger partial charge in [-0.3, -0.25) is 0 Å². The number of nitrogens with one attached hydrogen (secondary N) is 1. The van der Waals surface area contributed by atoms with Gasteiger partial charge in [-0.1, -0.05) is 38.9 Å². The molecule has 0 spiro atoms. The summed E-state index contributed by atoms with van der Waals surface area (Å²) in [6.07, 6.45) is -6.23. The van der Waals surface area contributed by atoms with Gasteiger partial charge in [0.1, 0.15) is 20.9 Å². The van der Waals surface area contributed by atoms with Crippen LogP contribution in [0.15, 0.2) is 10.7 Å². The normalized spacial score (nSPS) is 17.0. The van der Waals surface area contributed by atoms with E-state index in [1.165, 1.54) is 26.8 Å². The summed E-state index contributed by atoms with van der Waals surface area (Å²) in [5, 5.41) is 19.3. The first kappa shape index (κ1) is 31.6. The molecule has 1 unspecified atom stereocenters. The van der Waals surface area contributed by atoms with Crippen LogP contribution in [-0.4, -0.2) is 50.5 Å². The largest absolute Gasteiger partial charge is 0.598 e. The predicted molar refractivity (Wildman–Crippen MR) is 125 cm³/mol. The van der Waals surface area contributed by atoms with Crippen molar-refractivity contribution in [2.75, 3.05) is 0 Å². The molecule has 0 radical (unpaired) electrons. The van der Waals surface area contributed by atoms with Crippen molar-refractivity contribution in [1.82, 2.24) is 9.71 Å². The second-order valence-corrected chi connectivity index (χ2v) is 17.3. The van der Waals surface area contributed by atoms with Crippen molar-refractivity contribution in [3.63, 3.8) is 0 Å². The summed E-state index contributed by atoms with van der Waals surface area (Å²) in [4.78, 5) is 3.72. The minimum Gasteiger partial charge on any atom is -0.598 e. The van der Waals surface area contributed by atoms with E-state index in [-0.39, 0.29) is 9.79 Å². The zero-order chi connectivity index (χ0) is 27.1. The average Bonchev–Trinajstić information content (AvgIpc) is 2.69. The van der Waals surface area contributed by atoms with Crippen molar-refractivity contribution in [2.45, 2.75) is 94.8 Å². The first-order valence-electron chi connectivity index (χ1n) is 10.6. The Kier molecular flexibility index (Phi) is 9.47. The van der Waals surface area contributed by atoms with Crippen molar-refractivity contribution in [1.29, 1.82) is 0 Å². The second-order valence-electron chi connectivity index (χ2n) is 9.35. The Hall–Kier alpha value is -0.383. The standard InChI is InChI=1S/C20H31BrF6N2O3SSi/c1-8-34(9-2,10-3)12-11-13(21)28-15(14(12)22)17(7,29-33(32)16(4,5)6)18(23,24)19(30,31)20(25,26)27/h11,29-31H,8-10H2,1-7H3/t17?,33-/m1/s1. The van der Waals surface area contributed by atoms with Gasteiger partial charge in [0.05, 0.1) is 8.07 Å². The Morgan fingerprint density at radius 1 is 1.03 bits per heavy atom. The third-order valence-corrected chi connectivity index (χ3v) is 14.0. The van der Waals surface area contributed by atoms with E-state index in [2.05, 4.69) is 20.9 Å². The number of rotatable bonds is 9. The highest BCUT2D eigenvalue weighted by atomic mass is 79.9. The molecule has 2 atom stereocenters. The Labute approximate surface area is 208 Å². The molecule has 3 N–H and O–H groups in total. The first-order valence-corrected chi connectivity index (χ1v) is 15.1. The highest BCUT2D eigenvalue weighted by Gasteiger charge is 2.77. The van der Waals surface area contributed by atoms with E-state index in [4.69, 9.17) is 0 Å². The van der Waals surface area contributed by atoms with Crippen LogP contribution in [0, 0.1) is 5.82 Å². The average molecular weight is 602 g/mol. The maximum Gasteiger partial charge on any atom is 0.449 e. The topological polar surface area (TPSA) is 88.4 Å². The van der Waals surface area contributed by atoms with Gasteiger partial charge in [-0.05, 0) is 54.9 Å². The van der Waals surface area contributed by atoms with Gasteiger partial charge in [0.15, 0.2) is 5.54 Å². The van der Waals surface area contributed by atoms with E-state index in [1.54, 1.807) is 0 Å². The number of hydrogen-bond donors (Lipinski definition) is 3. The fraction of sp³-hybridized carbons (Fsp3) is 0.750. The lowest BCUT2D eigenvalue weighted by molar-refractivity contribution is -0.429. The van der Waals surface area contributed by atoms with Gasteiger partial charge < -0.3 is 14.8 Å². The zero-order valence-corrected chi connectivity index (χ0v) is 23.4. The molecule has 0 aliphatic heterocycles. The van der Waals surface area contributed by atoms with Gasteiger partial charge in [-0.25, -0.2) is 9.37 Å². The van der Waals surface area contributed by atoms with Crippen LogP contribution < -0.4 is 9.91 Å². The third kappa shape index (κ3) is 5.32. The van der Waals surface area contributed by atoms with Crippen LogP contribution in [0.3, 0.4) is 0 Å². The number of aliphatic hydroxyl groups is 2. The number of nitrogens with zero attached hydrogens (tertiary/aromatic N) is 1. The molecule has 14 heteroatoms. The summed E-state index contributed by atoms with van der Waals surface area (Å²) in [6, 6.07) is 2.84. The Balaban J connectivity index is 4.12. The summed E-state index contributed by atoms with van der Waals surface area (Å²) in [5.74, 6) is -12.4. The smallest absolute Gasteiger partial charge is 0.449 e. The van der Waals surface area contributed by atoms with Crippen molar-refractivity contribution in [2.24, 2.45) is 0 Å². The fourth-order valence-corrected chi connectivity index (χ4v) is 8.85. The summed E-state index contributed by atoms with van der Waals surface area (Å²) in [5.41, 5.74) is -4.76. The van der Waals surface area contributed by atoms with Crippen LogP contribution >= 0.6 is 15.9 Å². The molecule has 0 saturated heterocycles. The highest BCUT2D eigenvalue weighted by Crippen LogP contribution is 2.50. The molecule has 198 valence electrons. The van der Waals surface area contributed by atoms with Crippen LogP contribution in [0.5, 0.6) is 0 Å². The Morgan fingerprint density at radius 3 is 1.82 bits per heavy atom. The van der Waals surface area contributed by atoms with Crippen molar-refractivity contribution in [3.05, 3.63) is 22.2 Å².